The highest BCUT2D eigenvalue weighted by Gasteiger charge is 2.26. The zero-order valence-electron chi connectivity index (χ0n) is 22.6. The van der Waals surface area contributed by atoms with Crippen LogP contribution in [0.15, 0.2) is 53.1 Å². The fourth-order valence-corrected chi connectivity index (χ4v) is 4.73. The van der Waals surface area contributed by atoms with Crippen molar-refractivity contribution < 1.29 is 14.1 Å². The Labute approximate surface area is 220 Å². The van der Waals surface area contributed by atoms with Crippen LogP contribution in [-0.4, -0.2) is 47.2 Å². The van der Waals surface area contributed by atoms with E-state index in [1.807, 2.05) is 31.2 Å². The van der Waals surface area contributed by atoms with Gasteiger partial charge in [0, 0.05) is 18.7 Å². The Kier molecular flexibility index (Phi) is 8.98. The second kappa shape index (κ2) is 12.4. The number of benzene rings is 2. The topological polar surface area (TPSA) is 80.5 Å². The van der Waals surface area contributed by atoms with Crippen LogP contribution in [-0.2, 0) is 23.2 Å². The van der Waals surface area contributed by atoms with Gasteiger partial charge in [0.2, 0.25) is 17.6 Å². The van der Waals surface area contributed by atoms with Crippen LogP contribution in [0, 0.1) is 5.92 Å². The zero-order valence-corrected chi connectivity index (χ0v) is 22.6. The van der Waals surface area contributed by atoms with Gasteiger partial charge in [-0.25, -0.2) is 0 Å². The van der Waals surface area contributed by atoms with Gasteiger partial charge in [-0.2, -0.15) is 4.98 Å². The fraction of sp³-hybridized carbons (Fsp3) is 0.500. The first-order valence-corrected chi connectivity index (χ1v) is 13.5. The molecule has 0 radical (unpaired) electrons. The summed E-state index contributed by atoms with van der Waals surface area (Å²) in [7, 11) is 0. The molecule has 1 aliphatic heterocycles. The molecule has 1 fully saturated rings. The van der Waals surface area contributed by atoms with Crippen molar-refractivity contribution in [3.63, 3.8) is 0 Å². The van der Waals surface area contributed by atoms with E-state index in [-0.39, 0.29) is 17.2 Å². The van der Waals surface area contributed by atoms with Crippen molar-refractivity contribution >= 4 is 5.91 Å². The van der Waals surface area contributed by atoms with Gasteiger partial charge in [-0.05, 0) is 67.8 Å². The lowest BCUT2D eigenvalue weighted by molar-refractivity contribution is -0.126. The summed E-state index contributed by atoms with van der Waals surface area (Å²) in [5.41, 5.74) is 3.58. The summed E-state index contributed by atoms with van der Waals surface area (Å²) >= 11 is 0. The molecule has 7 nitrogen and oxygen atoms in total. The van der Waals surface area contributed by atoms with Gasteiger partial charge in [0.25, 0.3) is 0 Å². The van der Waals surface area contributed by atoms with Gasteiger partial charge in [0.1, 0.15) is 5.75 Å². The maximum Gasteiger partial charge on any atom is 0.241 e. The Bertz CT molecular complexity index is 1130. The van der Waals surface area contributed by atoms with Crippen LogP contribution < -0.4 is 10.1 Å². The molecule has 1 saturated heterocycles. The number of hydrogen-bond acceptors (Lipinski definition) is 6. The molecule has 0 bridgehead atoms. The molecule has 1 aliphatic rings. The predicted molar refractivity (Wildman–Crippen MR) is 145 cm³/mol. The first kappa shape index (κ1) is 26.9. The number of rotatable bonds is 10. The molecule has 198 valence electrons. The molecular weight excluding hydrogens is 464 g/mol. The summed E-state index contributed by atoms with van der Waals surface area (Å²) in [5, 5.41) is 7.33. The van der Waals surface area contributed by atoms with Crippen LogP contribution in [0.5, 0.6) is 5.75 Å². The quantitative estimate of drug-likeness (QED) is 0.373. The van der Waals surface area contributed by atoms with Crippen LogP contribution in [0.3, 0.4) is 0 Å². The largest absolute Gasteiger partial charge is 0.494 e. The van der Waals surface area contributed by atoms with E-state index < -0.39 is 0 Å². The van der Waals surface area contributed by atoms with E-state index in [0.29, 0.717) is 38.0 Å². The Balaban J connectivity index is 1.22. The Hall–Kier alpha value is -3.19. The highest BCUT2D eigenvalue weighted by Crippen LogP contribution is 2.25. The van der Waals surface area contributed by atoms with E-state index in [0.717, 1.165) is 43.5 Å². The fourth-order valence-electron chi connectivity index (χ4n) is 4.73. The molecule has 0 saturated carbocycles. The molecule has 0 aliphatic carbocycles. The molecular formula is C30H40N4O3. The number of piperidine rings is 1. The minimum atomic E-state index is -0.00781. The highest BCUT2D eigenvalue weighted by atomic mass is 16.5. The van der Waals surface area contributed by atoms with Gasteiger partial charge < -0.3 is 14.6 Å². The number of nitrogens with one attached hydrogen (secondary N) is 1. The molecule has 2 aromatic carbocycles. The SMILES string of the molecule is CCOc1ccc(CCCNC(=O)C2CCCN(Cc3nc(-c4ccc(C(C)(C)C)cc4)no3)C2)cc1. The van der Waals surface area contributed by atoms with Crippen LogP contribution >= 0.6 is 0 Å². The van der Waals surface area contributed by atoms with Gasteiger partial charge in [-0.1, -0.05) is 62.3 Å². The summed E-state index contributed by atoms with van der Waals surface area (Å²) in [4.78, 5) is 19.7. The third-order valence-electron chi connectivity index (χ3n) is 6.89. The van der Waals surface area contributed by atoms with Gasteiger partial charge in [-0.15, -0.1) is 0 Å². The van der Waals surface area contributed by atoms with Crippen LogP contribution in [0.25, 0.3) is 11.4 Å². The van der Waals surface area contributed by atoms with Crippen LogP contribution in [0.4, 0.5) is 0 Å². The van der Waals surface area contributed by atoms with Crippen molar-refractivity contribution in [1.82, 2.24) is 20.4 Å². The maximum absolute atomic E-state index is 12.8. The number of carbonyl (C=O) groups excluding carboxylic acids is 1. The summed E-state index contributed by atoms with van der Waals surface area (Å²) in [6.45, 7) is 12.1. The second-order valence-corrected chi connectivity index (χ2v) is 10.9. The zero-order chi connectivity index (χ0) is 26.3. The average molecular weight is 505 g/mol. The number of nitrogens with zero attached hydrogens (tertiary/aromatic N) is 3. The number of amides is 1. The third kappa shape index (κ3) is 7.65. The molecule has 1 atom stereocenters. The summed E-state index contributed by atoms with van der Waals surface area (Å²) < 4.78 is 11.0. The second-order valence-electron chi connectivity index (χ2n) is 10.9. The highest BCUT2D eigenvalue weighted by molar-refractivity contribution is 5.78. The lowest BCUT2D eigenvalue weighted by atomic mass is 9.87. The van der Waals surface area contributed by atoms with Gasteiger partial charge in [0.05, 0.1) is 19.1 Å². The van der Waals surface area contributed by atoms with Crippen molar-refractivity contribution in [2.24, 2.45) is 5.92 Å². The first-order chi connectivity index (χ1) is 17.8. The standard InChI is InChI=1S/C30H40N4O3/c1-5-36-26-16-10-22(11-17-26)8-6-18-31-29(35)24-9-7-19-34(20-24)21-27-32-28(33-37-27)23-12-14-25(15-13-23)30(2,3)4/h10-17,24H,5-9,18-21H2,1-4H3,(H,31,35). The van der Waals surface area contributed by atoms with Crippen molar-refractivity contribution in [3.8, 4) is 17.1 Å². The summed E-state index contributed by atoms with van der Waals surface area (Å²) in [5.74, 6) is 2.22. The lowest BCUT2D eigenvalue weighted by Crippen LogP contribution is -2.43. The Morgan fingerprint density at radius 2 is 1.89 bits per heavy atom. The summed E-state index contributed by atoms with van der Waals surface area (Å²) in [6.07, 6.45) is 3.75. The monoisotopic (exact) mass is 504 g/mol. The molecule has 1 N–H and O–H groups in total. The molecule has 3 aromatic rings. The normalized spacial score (nSPS) is 16.5. The minimum Gasteiger partial charge on any atom is -0.494 e. The number of ether oxygens (including phenoxy) is 1. The molecule has 2 heterocycles. The van der Waals surface area contributed by atoms with E-state index in [1.165, 1.54) is 11.1 Å². The minimum absolute atomic E-state index is 0.00781. The van der Waals surface area contributed by atoms with E-state index in [4.69, 9.17) is 9.26 Å². The summed E-state index contributed by atoms with van der Waals surface area (Å²) in [6, 6.07) is 16.5. The predicted octanol–water partition coefficient (Wildman–Crippen LogP) is 5.39. The van der Waals surface area contributed by atoms with E-state index in [1.54, 1.807) is 0 Å². The van der Waals surface area contributed by atoms with Crippen LogP contribution in [0.2, 0.25) is 0 Å². The molecule has 1 amide bonds. The third-order valence-corrected chi connectivity index (χ3v) is 6.89. The van der Waals surface area contributed by atoms with Gasteiger partial charge >= 0.3 is 0 Å². The van der Waals surface area contributed by atoms with Crippen molar-refractivity contribution in [1.29, 1.82) is 0 Å². The van der Waals surface area contributed by atoms with Crippen LogP contribution in [0.1, 0.15) is 64.0 Å². The molecule has 7 heteroatoms. The van der Waals surface area contributed by atoms with E-state index >= 15 is 0 Å². The number of aromatic nitrogens is 2. The Morgan fingerprint density at radius 1 is 1.14 bits per heavy atom. The molecule has 1 unspecified atom stereocenters. The number of likely N-dealkylation sites (tertiary alicyclic amines) is 1. The van der Waals surface area contributed by atoms with Crippen molar-refractivity contribution in [3.05, 3.63) is 65.5 Å². The first-order valence-electron chi connectivity index (χ1n) is 13.5. The van der Waals surface area contributed by atoms with E-state index in [2.05, 4.69) is 65.4 Å². The average Bonchev–Trinajstić information content (AvgIpc) is 3.36. The number of carbonyl (C=O) groups is 1. The van der Waals surface area contributed by atoms with E-state index in [9.17, 15) is 4.79 Å². The number of aryl methyl sites for hydroxylation is 1. The molecule has 0 spiro atoms. The Morgan fingerprint density at radius 3 is 2.59 bits per heavy atom. The van der Waals surface area contributed by atoms with Crippen molar-refractivity contribution in [2.45, 2.75) is 65.3 Å². The van der Waals surface area contributed by atoms with Gasteiger partial charge in [0.15, 0.2) is 0 Å². The number of hydrogen-bond donors (Lipinski definition) is 1. The molecule has 4 rings (SSSR count). The van der Waals surface area contributed by atoms with Crippen molar-refractivity contribution in [2.75, 3.05) is 26.2 Å². The lowest BCUT2D eigenvalue weighted by Gasteiger charge is -2.30. The van der Waals surface area contributed by atoms with Gasteiger partial charge in [-0.3, -0.25) is 9.69 Å². The molecule has 1 aromatic heterocycles. The smallest absolute Gasteiger partial charge is 0.241 e. The molecule has 37 heavy (non-hydrogen) atoms. The maximum atomic E-state index is 12.8.